The maximum Gasteiger partial charge on any atom is 0.330 e. The van der Waals surface area contributed by atoms with Crippen molar-refractivity contribution in [3.63, 3.8) is 0 Å². The summed E-state index contributed by atoms with van der Waals surface area (Å²) in [5.74, 6) is -4.68. The topological polar surface area (TPSA) is 121 Å². The average molecular weight is 507 g/mol. The molecule has 0 unspecified atom stereocenters. The molecule has 3 aliphatic rings. The lowest BCUT2D eigenvalue weighted by atomic mass is 9.65. The van der Waals surface area contributed by atoms with Gasteiger partial charge in [0.15, 0.2) is 17.3 Å². The molecule has 0 radical (unpaired) electrons. The summed E-state index contributed by atoms with van der Waals surface area (Å²) in [5.41, 5.74) is -0.195. The molecule has 0 aliphatic carbocycles. The maximum atomic E-state index is 14.0. The van der Waals surface area contributed by atoms with E-state index < -0.39 is 47.1 Å². The fourth-order valence-electron chi connectivity index (χ4n) is 5.65. The highest BCUT2D eigenvalue weighted by molar-refractivity contribution is 6.07. The van der Waals surface area contributed by atoms with Crippen molar-refractivity contribution in [1.29, 1.82) is 0 Å². The quantitative estimate of drug-likeness (QED) is 0.350. The second-order valence-electron chi connectivity index (χ2n) is 9.74. The number of nitrogens with zero attached hydrogens (tertiary/aromatic N) is 2. The van der Waals surface area contributed by atoms with Crippen LogP contribution in [0.25, 0.3) is 0 Å². The highest BCUT2D eigenvalue weighted by Gasteiger charge is 2.74. The minimum absolute atomic E-state index is 0.154. The van der Waals surface area contributed by atoms with E-state index in [9.17, 15) is 19.2 Å². The Balaban J connectivity index is 1.79. The number of carbonyl (C=O) groups is 4. The van der Waals surface area contributed by atoms with Gasteiger partial charge in [0.05, 0.1) is 13.3 Å². The van der Waals surface area contributed by atoms with Gasteiger partial charge in [0.25, 0.3) is 5.79 Å². The van der Waals surface area contributed by atoms with E-state index >= 15 is 0 Å². The molecule has 3 atom stereocenters. The van der Waals surface area contributed by atoms with Crippen LogP contribution in [0.2, 0.25) is 0 Å². The zero-order valence-electron chi connectivity index (χ0n) is 21.0. The molecule has 37 heavy (non-hydrogen) atoms. The Morgan fingerprint density at radius 2 is 1.68 bits per heavy atom. The van der Waals surface area contributed by atoms with Gasteiger partial charge in [-0.3, -0.25) is 24.2 Å². The Bertz CT molecular complexity index is 1340. The molecule has 10 heteroatoms. The normalized spacial score (nSPS) is 24.6. The number of hydrazone groups is 1. The minimum Gasteiger partial charge on any atom is -0.493 e. The van der Waals surface area contributed by atoms with Gasteiger partial charge in [0.2, 0.25) is 5.41 Å². The number of fused-ring (bicyclic) bond motifs is 4. The summed E-state index contributed by atoms with van der Waals surface area (Å²) >= 11 is 0. The molecule has 3 heterocycles. The van der Waals surface area contributed by atoms with Gasteiger partial charge in [0.1, 0.15) is 12.1 Å². The first kappa shape index (κ1) is 24.5. The molecule has 1 spiro atoms. The molecule has 192 valence electrons. The Labute approximate surface area is 213 Å². The highest BCUT2D eigenvalue weighted by Crippen LogP contribution is 2.63. The van der Waals surface area contributed by atoms with E-state index in [0.29, 0.717) is 16.7 Å². The van der Waals surface area contributed by atoms with E-state index in [1.165, 1.54) is 45.9 Å². The van der Waals surface area contributed by atoms with Gasteiger partial charge in [-0.05, 0) is 35.7 Å². The van der Waals surface area contributed by atoms with Crippen molar-refractivity contribution in [2.24, 2.45) is 10.5 Å². The summed E-state index contributed by atoms with van der Waals surface area (Å²) in [4.78, 5) is 52.8. The van der Waals surface area contributed by atoms with Crippen LogP contribution in [0.3, 0.4) is 0 Å². The van der Waals surface area contributed by atoms with E-state index in [1.54, 1.807) is 30.5 Å². The zero-order valence-corrected chi connectivity index (χ0v) is 21.0. The molecule has 2 aromatic carbocycles. The first-order valence-electron chi connectivity index (χ1n) is 11.8. The average Bonchev–Trinajstić information content (AvgIpc) is 3.15. The predicted molar refractivity (Wildman–Crippen MR) is 129 cm³/mol. The number of hydrogen-bond donors (Lipinski definition) is 0. The van der Waals surface area contributed by atoms with Crippen LogP contribution in [0.4, 0.5) is 0 Å². The summed E-state index contributed by atoms with van der Waals surface area (Å²) in [6.07, 6.45) is 1.60. The molecule has 5 rings (SSSR count). The van der Waals surface area contributed by atoms with Crippen molar-refractivity contribution in [1.82, 2.24) is 5.01 Å². The summed E-state index contributed by atoms with van der Waals surface area (Å²) in [6.45, 7) is 5.60. The van der Waals surface area contributed by atoms with Crippen LogP contribution in [0.15, 0.2) is 47.6 Å². The van der Waals surface area contributed by atoms with Gasteiger partial charge in [-0.25, -0.2) is 0 Å². The number of ketones is 1. The van der Waals surface area contributed by atoms with Gasteiger partial charge in [-0.15, -0.1) is 0 Å². The fraction of sp³-hybridized carbons (Fsp3) is 0.370. The van der Waals surface area contributed by atoms with Crippen molar-refractivity contribution in [3.05, 3.63) is 59.2 Å². The Kier molecular flexibility index (Phi) is 5.58. The number of ether oxygens (including phenoxy) is 4. The number of cyclic esters (lactones) is 2. The third-order valence-electron chi connectivity index (χ3n) is 6.98. The van der Waals surface area contributed by atoms with Crippen LogP contribution in [0, 0.1) is 5.41 Å². The molecule has 2 saturated heterocycles. The first-order valence-corrected chi connectivity index (χ1v) is 11.8. The third-order valence-corrected chi connectivity index (χ3v) is 6.98. The molecular formula is C27H26N2O8. The molecule has 0 amide bonds. The molecule has 2 aromatic rings. The van der Waals surface area contributed by atoms with E-state index in [0.717, 1.165) is 0 Å². The number of benzene rings is 2. The van der Waals surface area contributed by atoms with Crippen LogP contribution in [0.5, 0.6) is 11.5 Å². The van der Waals surface area contributed by atoms with Gasteiger partial charge >= 0.3 is 17.9 Å². The van der Waals surface area contributed by atoms with Crippen molar-refractivity contribution < 1.29 is 38.1 Å². The van der Waals surface area contributed by atoms with Crippen LogP contribution in [-0.2, 0) is 28.7 Å². The van der Waals surface area contributed by atoms with E-state index in [1.807, 2.05) is 12.1 Å². The van der Waals surface area contributed by atoms with Crippen molar-refractivity contribution >= 4 is 29.9 Å². The standard InChI is InChI=1S/C27H26N2O8/c1-14(30)22-21(16-10-11-19(35-15(2)31)20(12-16)34-5)27(24(32)36-26(3,4)37-25(27)33)23-18-9-7-6-8-17(18)13-28-29(22)23/h6-13,21-23H,1-5H3/t21-,22-,23+/m1/s1. The summed E-state index contributed by atoms with van der Waals surface area (Å²) in [5, 5.41) is 6.04. The lowest BCUT2D eigenvalue weighted by Gasteiger charge is -2.44. The second kappa shape index (κ2) is 8.43. The molecule has 0 N–H and O–H groups in total. The molecule has 10 nitrogen and oxygen atoms in total. The van der Waals surface area contributed by atoms with E-state index in [4.69, 9.17) is 18.9 Å². The van der Waals surface area contributed by atoms with Gasteiger partial charge in [0, 0.05) is 26.7 Å². The van der Waals surface area contributed by atoms with Gasteiger partial charge in [-0.2, -0.15) is 5.10 Å². The Morgan fingerprint density at radius 1 is 1.00 bits per heavy atom. The third kappa shape index (κ3) is 3.58. The molecular weight excluding hydrogens is 480 g/mol. The Morgan fingerprint density at radius 3 is 2.30 bits per heavy atom. The van der Waals surface area contributed by atoms with Crippen LogP contribution in [-0.4, -0.2) is 53.9 Å². The molecule has 3 aliphatic heterocycles. The second-order valence-corrected chi connectivity index (χ2v) is 9.74. The number of rotatable bonds is 4. The van der Waals surface area contributed by atoms with Crippen LogP contribution >= 0.6 is 0 Å². The van der Waals surface area contributed by atoms with E-state index in [2.05, 4.69) is 5.10 Å². The monoisotopic (exact) mass is 506 g/mol. The molecule has 0 aromatic heterocycles. The summed E-state index contributed by atoms with van der Waals surface area (Å²) < 4.78 is 22.0. The maximum absolute atomic E-state index is 14.0. The molecule has 0 saturated carbocycles. The Hall–Kier alpha value is -4.21. The predicted octanol–water partition coefficient (Wildman–Crippen LogP) is 2.89. The SMILES string of the molecule is COc1cc([C@@H]2[C@@H](C(C)=O)N3N=Cc4ccccc4[C@H]3C23C(=O)OC(C)(C)OC3=O)ccc1OC(C)=O. The minimum atomic E-state index is -1.96. The number of hydrogen-bond acceptors (Lipinski definition) is 10. The van der Waals surface area contributed by atoms with Crippen molar-refractivity contribution in [2.45, 2.75) is 51.5 Å². The largest absolute Gasteiger partial charge is 0.493 e. The van der Waals surface area contributed by atoms with Crippen molar-refractivity contribution in [3.8, 4) is 11.5 Å². The smallest absolute Gasteiger partial charge is 0.330 e. The van der Waals surface area contributed by atoms with Crippen molar-refractivity contribution in [2.75, 3.05) is 7.11 Å². The summed E-state index contributed by atoms with van der Waals surface area (Å²) in [7, 11) is 1.40. The fourth-order valence-corrected chi connectivity index (χ4v) is 5.65. The number of esters is 3. The van der Waals surface area contributed by atoms with E-state index in [-0.39, 0.29) is 17.3 Å². The van der Waals surface area contributed by atoms with Gasteiger partial charge < -0.3 is 18.9 Å². The number of carbonyl (C=O) groups excluding carboxylic acids is 4. The summed E-state index contributed by atoms with van der Waals surface area (Å²) in [6, 6.07) is 9.89. The lowest BCUT2D eigenvalue weighted by molar-refractivity contribution is -0.254. The number of Topliss-reactive ketones (excluding diaryl/α,β-unsaturated/α-hetero) is 1. The number of methoxy groups -OCH3 is 1. The van der Waals surface area contributed by atoms with Crippen LogP contribution < -0.4 is 9.47 Å². The lowest BCUT2D eigenvalue weighted by Crippen LogP contribution is -2.58. The zero-order chi connectivity index (χ0) is 26.7. The highest BCUT2D eigenvalue weighted by atomic mass is 16.7. The molecule has 0 bridgehead atoms. The first-order chi connectivity index (χ1) is 17.5. The molecule has 2 fully saturated rings. The van der Waals surface area contributed by atoms with Gasteiger partial charge in [-0.1, -0.05) is 30.3 Å². The van der Waals surface area contributed by atoms with Crippen LogP contribution in [0.1, 0.15) is 56.3 Å².